The molecule has 0 aromatic carbocycles. The summed E-state index contributed by atoms with van der Waals surface area (Å²) in [4.78, 5) is 16.1. The number of thioether (sulfide) groups is 1. The van der Waals surface area contributed by atoms with Gasteiger partial charge in [0.05, 0.1) is 10.8 Å². The van der Waals surface area contributed by atoms with Crippen LogP contribution in [0.3, 0.4) is 0 Å². The van der Waals surface area contributed by atoms with Gasteiger partial charge in [-0.25, -0.2) is 0 Å². The lowest BCUT2D eigenvalue weighted by molar-refractivity contribution is -0.115. The summed E-state index contributed by atoms with van der Waals surface area (Å²) in [7, 11) is 0. The molecule has 23 heavy (non-hydrogen) atoms. The standard InChI is InChI=1S/C14H13N5O3S/c1-8-6-11(19-22-8)16-12(20)9(2)23-14-18-17-13(21-14)10-4-3-5-15-7-10/h3-7,9H,1-2H3,(H,16,19,20)/t9-/m0/s1. The number of rotatable bonds is 5. The minimum atomic E-state index is -0.436. The normalized spacial score (nSPS) is 12.1. The average Bonchev–Trinajstić information content (AvgIpc) is 3.17. The van der Waals surface area contributed by atoms with Gasteiger partial charge in [0.2, 0.25) is 11.8 Å². The Balaban J connectivity index is 1.62. The molecule has 0 bridgehead atoms. The molecule has 0 aliphatic carbocycles. The smallest absolute Gasteiger partial charge is 0.277 e. The highest BCUT2D eigenvalue weighted by Crippen LogP contribution is 2.26. The molecular weight excluding hydrogens is 318 g/mol. The van der Waals surface area contributed by atoms with Crippen LogP contribution in [0.5, 0.6) is 0 Å². The zero-order chi connectivity index (χ0) is 16.2. The van der Waals surface area contributed by atoms with E-state index in [9.17, 15) is 4.79 Å². The fraction of sp³-hybridized carbons (Fsp3) is 0.214. The number of pyridine rings is 1. The molecule has 3 heterocycles. The molecule has 1 amide bonds. The third-order valence-corrected chi connectivity index (χ3v) is 3.78. The van der Waals surface area contributed by atoms with Crippen molar-refractivity contribution in [2.75, 3.05) is 5.32 Å². The van der Waals surface area contributed by atoms with Crippen molar-refractivity contribution in [3.8, 4) is 11.5 Å². The Morgan fingerprint density at radius 3 is 2.96 bits per heavy atom. The van der Waals surface area contributed by atoms with E-state index in [0.717, 1.165) is 17.3 Å². The van der Waals surface area contributed by atoms with E-state index in [4.69, 9.17) is 8.94 Å². The van der Waals surface area contributed by atoms with E-state index in [0.29, 0.717) is 22.7 Å². The highest BCUT2D eigenvalue weighted by molar-refractivity contribution is 8.00. The summed E-state index contributed by atoms with van der Waals surface area (Å²) >= 11 is 1.16. The molecule has 8 nitrogen and oxygen atoms in total. The number of aromatic nitrogens is 4. The molecule has 0 saturated heterocycles. The number of nitrogens with zero attached hydrogens (tertiary/aromatic N) is 4. The van der Waals surface area contributed by atoms with Gasteiger partial charge in [-0.1, -0.05) is 16.9 Å². The number of hydrogen-bond donors (Lipinski definition) is 1. The molecule has 0 aliphatic rings. The van der Waals surface area contributed by atoms with Crippen molar-refractivity contribution in [2.45, 2.75) is 24.3 Å². The monoisotopic (exact) mass is 331 g/mol. The van der Waals surface area contributed by atoms with Crippen LogP contribution in [-0.4, -0.2) is 31.5 Å². The number of aryl methyl sites for hydroxylation is 1. The van der Waals surface area contributed by atoms with Crippen molar-refractivity contribution in [3.63, 3.8) is 0 Å². The molecular formula is C14H13N5O3S. The van der Waals surface area contributed by atoms with Gasteiger partial charge in [-0.15, -0.1) is 10.2 Å². The number of carbonyl (C=O) groups excluding carboxylic acids is 1. The van der Waals surface area contributed by atoms with Crippen molar-refractivity contribution in [1.29, 1.82) is 0 Å². The van der Waals surface area contributed by atoms with Crippen LogP contribution in [0.15, 0.2) is 44.8 Å². The van der Waals surface area contributed by atoms with Gasteiger partial charge < -0.3 is 14.3 Å². The van der Waals surface area contributed by atoms with E-state index in [1.54, 1.807) is 38.4 Å². The Labute approximate surface area is 135 Å². The maximum absolute atomic E-state index is 12.1. The van der Waals surface area contributed by atoms with Crippen LogP contribution in [0.25, 0.3) is 11.5 Å². The van der Waals surface area contributed by atoms with Crippen LogP contribution in [0.1, 0.15) is 12.7 Å². The van der Waals surface area contributed by atoms with E-state index >= 15 is 0 Å². The second-order valence-corrected chi connectivity index (χ2v) is 5.98. The van der Waals surface area contributed by atoms with Gasteiger partial charge in [-0.3, -0.25) is 9.78 Å². The highest BCUT2D eigenvalue weighted by atomic mass is 32.2. The zero-order valence-electron chi connectivity index (χ0n) is 12.4. The Kier molecular flexibility index (Phi) is 4.38. The topological polar surface area (TPSA) is 107 Å². The first kappa shape index (κ1) is 15.2. The van der Waals surface area contributed by atoms with Gasteiger partial charge in [-0.05, 0) is 26.0 Å². The minimum Gasteiger partial charge on any atom is -0.411 e. The molecule has 0 aliphatic heterocycles. The van der Waals surface area contributed by atoms with Crippen molar-refractivity contribution in [3.05, 3.63) is 36.4 Å². The molecule has 0 unspecified atom stereocenters. The number of anilines is 1. The number of carbonyl (C=O) groups is 1. The number of hydrogen-bond acceptors (Lipinski definition) is 8. The molecule has 3 aromatic rings. The molecule has 3 rings (SSSR count). The predicted octanol–water partition coefficient (Wildman–Crippen LogP) is 2.55. The fourth-order valence-corrected chi connectivity index (χ4v) is 2.40. The molecule has 0 radical (unpaired) electrons. The lowest BCUT2D eigenvalue weighted by Crippen LogP contribution is -2.22. The van der Waals surface area contributed by atoms with E-state index in [-0.39, 0.29) is 5.91 Å². The van der Waals surface area contributed by atoms with Gasteiger partial charge in [0.15, 0.2) is 5.82 Å². The third-order valence-electron chi connectivity index (χ3n) is 2.84. The summed E-state index contributed by atoms with van der Waals surface area (Å²) in [6.07, 6.45) is 3.29. The molecule has 1 N–H and O–H groups in total. The second kappa shape index (κ2) is 6.61. The van der Waals surface area contributed by atoms with E-state index in [2.05, 4.69) is 25.7 Å². The fourth-order valence-electron chi connectivity index (χ4n) is 1.72. The van der Waals surface area contributed by atoms with Crippen molar-refractivity contribution in [1.82, 2.24) is 20.3 Å². The first-order valence-electron chi connectivity index (χ1n) is 6.76. The van der Waals surface area contributed by atoms with E-state index in [1.165, 1.54) is 0 Å². The van der Waals surface area contributed by atoms with Crippen molar-refractivity contribution in [2.24, 2.45) is 0 Å². The lowest BCUT2D eigenvalue weighted by atomic mass is 10.3. The van der Waals surface area contributed by atoms with Gasteiger partial charge in [0, 0.05) is 18.5 Å². The highest BCUT2D eigenvalue weighted by Gasteiger charge is 2.19. The molecule has 9 heteroatoms. The first-order valence-corrected chi connectivity index (χ1v) is 7.64. The lowest BCUT2D eigenvalue weighted by Gasteiger charge is -2.06. The molecule has 1 atom stereocenters. The van der Waals surface area contributed by atoms with Crippen LogP contribution in [0, 0.1) is 6.92 Å². The third kappa shape index (κ3) is 3.75. The quantitative estimate of drug-likeness (QED) is 0.711. The van der Waals surface area contributed by atoms with Gasteiger partial charge in [-0.2, -0.15) is 0 Å². The maximum Gasteiger partial charge on any atom is 0.277 e. The van der Waals surface area contributed by atoms with E-state index in [1.807, 2.05) is 6.07 Å². The Bertz CT molecular complexity index is 802. The number of amides is 1. The molecule has 0 spiro atoms. The second-order valence-electron chi connectivity index (χ2n) is 4.69. The van der Waals surface area contributed by atoms with Gasteiger partial charge >= 0.3 is 0 Å². The zero-order valence-corrected chi connectivity index (χ0v) is 13.2. The van der Waals surface area contributed by atoms with E-state index < -0.39 is 5.25 Å². The largest absolute Gasteiger partial charge is 0.411 e. The SMILES string of the molecule is Cc1cc(NC(=O)[C@H](C)Sc2nnc(-c3cccnc3)o2)no1. The summed E-state index contributed by atoms with van der Waals surface area (Å²) in [6.45, 7) is 3.49. The van der Waals surface area contributed by atoms with Crippen molar-refractivity contribution >= 4 is 23.5 Å². The number of nitrogens with one attached hydrogen (secondary N) is 1. The molecule has 0 fully saturated rings. The summed E-state index contributed by atoms with van der Waals surface area (Å²) < 4.78 is 10.4. The molecule has 3 aromatic heterocycles. The predicted molar refractivity (Wildman–Crippen MR) is 82.7 cm³/mol. The summed E-state index contributed by atoms with van der Waals surface area (Å²) in [5.41, 5.74) is 0.724. The molecule has 118 valence electrons. The maximum atomic E-state index is 12.1. The van der Waals surface area contributed by atoms with Crippen LogP contribution < -0.4 is 5.32 Å². The summed E-state index contributed by atoms with van der Waals surface area (Å²) in [6, 6.07) is 5.24. The first-order chi connectivity index (χ1) is 11.1. The van der Waals surface area contributed by atoms with Crippen LogP contribution in [-0.2, 0) is 4.79 Å². The van der Waals surface area contributed by atoms with Crippen LogP contribution in [0.4, 0.5) is 5.82 Å². The van der Waals surface area contributed by atoms with Crippen molar-refractivity contribution < 1.29 is 13.7 Å². The minimum absolute atomic E-state index is 0.232. The Morgan fingerprint density at radius 2 is 2.26 bits per heavy atom. The Morgan fingerprint density at radius 1 is 1.39 bits per heavy atom. The average molecular weight is 331 g/mol. The summed E-state index contributed by atoms with van der Waals surface area (Å²) in [5, 5.41) is 14.1. The van der Waals surface area contributed by atoms with Crippen LogP contribution >= 0.6 is 11.8 Å². The van der Waals surface area contributed by atoms with Gasteiger partial charge in [0.1, 0.15) is 5.76 Å². The Hall–Kier alpha value is -2.68. The van der Waals surface area contributed by atoms with Crippen LogP contribution in [0.2, 0.25) is 0 Å². The van der Waals surface area contributed by atoms with Gasteiger partial charge in [0.25, 0.3) is 5.22 Å². The summed E-state index contributed by atoms with van der Waals surface area (Å²) in [5.74, 6) is 1.13. The molecule has 0 saturated carbocycles.